The molecule has 19 heavy (non-hydrogen) atoms. The van der Waals surface area contributed by atoms with Crippen LogP contribution in [0.15, 0.2) is 18.2 Å². The minimum absolute atomic E-state index is 0.0857. The summed E-state index contributed by atoms with van der Waals surface area (Å²) in [5, 5.41) is 14.2. The van der Waals surface area contributed by atoms with E-state index in [-0.39, 0.29) is 17.9 Å². The summed E-state index contributed by atoms with van der Waals surface area (Å²) in [6.45, 7) is 1.94. The molecule has 0 radical (unpaired) electrons. The maximum Gasteiger partial charge on any atom is 0.338 e. The van der Waals surface area contributed by atoms with E-state index in [4.69, 9.17) is 4.74 Å². The highest BCUT2D eigenvalue weighted by atomic mass is 16.6. The van der Waals surface area contributed by atoms with Crippen LogP contribution in [0.1, 0.15) is 36.5 Å². The largest absolute Gasteiger partial charge is 0.462 e. The molecule has 1 aromatic rings. The van der Waals surface area contributed by atoms with Crippen molar-refractivity contribution < 1.29 is 14.5 Å². The van der Waals surface area contributed by atoms with Crippen molar-refractivity contribution >= 4 is 17.3 Å². The fraction of sp³-hybridized carbons (Fsp3) is 0.462. The minimum Gasteiger partial charge on any atom is -0.462 e. The molecule has 0 aliphatic heterocycles. The molecule has 1 aliphatic carbocycles. The number of ether oxygens (including phenoxy) is 1. The van der Waals surface area contributed by atoms with Crippen LogP contribution < -0.4 is 5.32 Å². The zero-order chi connectivity index (χ0) is 13.8. The molecule has 0 spiro atoms. The molecule has 0 atom stereocenters. The molecule has 1 N–H and O–H groups in total. The number of carbonyl (C=O) groups excluding carboxylic acids is 1. The van der Waals surface area contributed by atoms with Crippen molar-refractivity contribution in [1.29, 1.82) is 0 Å². The highest BCUT2D eigenvalue weighted by molar-refractivity contribution is 5.91. The summed E-state index contributed by atoms with van der Waals surface area (Å²) in [6, 6.07) is 4.68. The van der Waals surface area contributed by atoms with Gasteiger partial charge >= 0.3 is 5.97 Å². The van der Waals surface area contributed by atoms with Crippen molar-refractivity contribution in [2.24, 2.45) is 0 Å². The standard InChI is InChI=1S/C13H16N2O4/c1-2-19-13(16)9-6-7-11(12(8-9)15(17)18)14-10-4-3-5-10/h6-8,10,14H,2-5H2,1H3. The van der Waals surface area contributed by atoms with Gasteiger partial charge in [0.15, 0.2) is 0 Å². The lowest BCUT2D eigenvalue weighted by molar-refractivity contribution is -0.384. The Labute approximate surface area is 110 Å². The number of esters is 1. The van der Waals surface area contributed by atoms with E-state index in [1.165, 1.54) is 6.07 Å². The maximum atomic E-state index is 11.6. The summed E-state index contributed by atoms with van der Waals surface area (Å²) in [6.07, 6.45) is 3.19. The number of nitrogens with one attached hydrogen (secondary N) is 1. The number of nitrogens with zero attached hydrogens (tertiary/aromatic N) is 1. The Morgan fingerprint density at radius 3 is 2.79 bits per heavy atom. The molecule has 6 heteroatoms. The molecule has 0 aromatic heterocycles. The monoisotopic (exact) mass is 264 g/mol. The summed E-state index contributed by atoms with van der Waals surface area (Å²) >= 11 is 0. The molecular formula is C13H16N2O4. The van der Waals surface area contributed by atoms with Crippen LogP contribution in [-0.2, 0) is 4.74 Å². The highest BCUT2D eigenvalue weighted by Gasteiger charge is 2.23. The van der Waals surface area contributed by atoms with Crippen molar-refractivity contribution in [3.05, 3.63) is 33.9 Å². The van der Waals surface area contributed by atoms with E-state index < -0.39 is 10.9 Å². The molecule has 1 aliphatic rings. The Morgan fingerprint density at radius 2 is 2.26 bits per heavy atom. The van der Waals surface area contributed by atoms with Crippen molar-refractivity contribution in [3.8, 4) is 0 Å². The molecule has 0 unspecified atom stereocenters. The summed E-state index contributed by atoms with van der Waals surface area (Å²) in [4.78, 5) is 22.1. The third-order valence-corrected chi connectivity index (χ3v) is 3.17. The fourth-order valence-corrected chi connectivity index (χ4v) is 1.92. The van der Waals surface area contributed by atoms with Gasteiger partial charge in [-0.25, -0.2) is 4.79 Å². The molecule has 0 heterocycles. The van der Waals surface area contributed by atoms with Gasteiger partial charge in [-0.2, -0.15) is 0 Å². The van der Waals surface area contributed by atoms with Crippen LogP contribution in [0.4, 0.5) is 11.4 Å². The molecular weight excluding hydrogens is 248 g/mol. The summed E-state index contributed by atoms with van der Waals surface area (Å²) < 4.78 is 4.83. The van der Waals surface area contributed by atoms with E-state index in [9.17, 15) is 14.9 Å². The molecule has 2 rings (SSSR count). The van der Waals surface area contributed by atoms with Gasteiger partial charge in [0, 0.05) is 12.1 Å². The summed E-state index contributed by atoms with van der Waals surface area (Å²) in [7, 11) is 0. The second-order valence-corrected chi connectivity index (χ2v) is 4.48. The second kappa shape index (κ2) is 5.69. The quantitative estimate of drug-likeness (QED) is 0.502. The Balaban J connectivity index is 2.23. The zero-order valence-corrected chi connectivity index (χ0v) is 10.7. The SMILES string of the molecule is CCOC(=O)c1ccc(NC2CCC2)c([N+](=O)[O-])c1. The van der Waals surface area contributed by atoms with E-state index in [1.807, 2.05) is 0 Å². The summed E-state index contributed by atoms with van der Waals surface area (Å²) in [5.41, 5.74) is 0.577. The van der Waals surface area contributed by atoms with Crippen molar-refractivity contribution in [1.82, 2.24) is 0 Å². The Hall–Kier alpha value is -2.11. The molecule has 1 fully saturated rings. The third kappa shape index (κ3) is 3.01. The van der Waals surface area contributed by atoms with E-state index in [0.717, 1.165) is 19.3 Å². The van der Waals surface area contributed by atoms with E-state index >= 15 is 0 Å². The first-order valence-corrected chi connectivity index (χ1v) is 6.34. The molecule has 0 saturated heterocycles. The van der Waals surface area contributed by atoms with Crippen LogP contribution in [-0.4, -0.2) is 23.5 Å². The van der Waals surface area contributed by atoms with Crippen LogP contribution >= 0.6 is 0 Å². The number of rotatable bonds is 5. The smallest absolute Gasteiger partial charge is 0.338 e. The molecule has 6 nitrogen and oxygen atoms in total. The number of anilines is 1. The Morgan fingerprint density at radius 1 is 1.53 bits per heavy atom. The van der Waals surface area contributed by atoms with Crippen LogP contribution in [0.25, 0.3) is 0 Å². The maximum absolute atomic E-state index is 11.6. The van der Waals surface area contributed by atoms with Gasteiger partial charge in [-0.1, -0.05) is 0 Å². The summed E-state index contributed by atoms with van der Waals surface area (Å²) in [5.74, 6) is -0.541. The van der Waals surface area contributed by atoms with Gasteiger partial charge in [-0.05, 0) is 38.3 Å². The molecule has 1 aromatic carbocycles. The first kappa shape index (κ1) is 13.3. The molecule has 102 valence electrons. The van der Waals surface area contributed by atoms with Crippen LogP contribution in [0.3, 0.4) is 0 Å². The average molecular weight is 264 g/mol. The first-order valence-electron chi connectivity index (χ1n) is 6.34. The van der Waals surface area contributed by atoms with Gasteiger partial charge in [0.05, 0.1) is 17.1 Å². The lowest BCUT2D eigenvalue weighted by Crippen LogP contribution is -2.27. The van der Waals surface area contributed by atoms with Crippen molar-refractivity contribution in [2.75, 3.05) is 11.9 Å². The van der Waals surface area contributed by atoms with E-state index in [2.05, 4.69) is 5.32 Å². The van der Waals surface area contributed by atoms with E-state index in [1.54, 1.807) is 19.1 Å². The minimum atomic E-state index is -0.541. The zero-order valence-electron chi connectivity index (χ0n) is 10.7. The molecule has 1 saturated carbocycles. The van der Waals surface area contributed by atoms with Gasteiger partial charge in [0.25, 0.3) is 5.69 Å². The normalized spacial score (nSPS) is 14.6. The topological polar surface area (TPSA) is 81.5 Å². The van der Waals surface area contributed by atoms with Crippen LogP contribution in [0.5, 0.6) is 0 Å². The predicted octanol–water partition coefficient (Wildman–Crippen LogP) is 2.74. The number of hydrogen-bond acceptors (Lipinski definition) is 5. The van der Waals surface area contributed by atoms with E-state index in [0.29, 0.717) is 11.7 Å². The lowest BCUT2D eigenvalue weighted by Gasteiger charge is -2.27. The number of nitro groups is 1. The van der Waals surface area contributed by atoms with Gasteiger partial charge in [0.1, 0.15) is 5.69 Å². The number of benzene rings is 1. The Kier molecular flexibility index (Phi) is 3.99. The van der Waals surface area contributed by atoms with Gasteiger partial charge < -0.3 is 10.1 Å². The second-order valence-electron chi connectivity index (χ2n) is 4.48. The highest BCUT2D eigenvalue weighted by Crippen LogP contribution is 2.30. The van der Waals surface area contributed by atoms with Gasteiger partial charge in [0.2, 0.25) is 0 Å². The van der Waals surface area contributed by atoms with Crippen LogP contribution in [0.2, 0.25) is 0 Å². The van der Waals surface area contributed by atoms with Gasteiger partial charge in [-0.3, -0.25) is 10.1 Å². The molecule has 0 amide bonds. The fourth-order valence-electron chi connectivity index (χ4n) is 1.92. The number of hydrogen-bond donors (Lipinski definition) is 1. The first-order chi connectivity index (χ1) is 9.11. The molecule has 0 bridgehead atoms. The predicted molar refractivity (Wildman–Crippen MR) is 70.3 cm³/mol. The Bertz CT molecular complexity index is 497. The van der Waals surface area contributed by atoms with Crippen molar-refractivity contribution in [3.63, 3.8) is 0 Å². The lowest BCUT2D eigenvalue weighted by atomic mass is 9.93. The van der Waals surface area contributed by atoms with Gasteiger partial charge in [-0.15, -0.1) is 0 Å². The number of nitro benzene ring substituents is 1. The van der Waals surface area contributed by atoms with Crippen molar-refractivity contribution in [2.45, 2.75) is 32.2 Å². The number of carbonyl (C=O) groups is 1. The third-order valence-electron chi connectivity index (χ3n) is 3.17. The average Bonchev–Trinajstić information content (AvgIpc) is 2.34. The van der Waals surface area contributed by atoms with Crippen LogP contribution in [0, 0.1) is 10.1 Å².